The van der Waals surface area contributed by atoms with Gasteiger partial charge in [-0.3, -0.25) is 15.1 Å². The van der Waals surface area contributed by atoms with Gasteiger partial charge < -0.3 is 15.4 Å². The molecule has 6 aromatic rings. The van der Waals surface area contributed by atoms with Gasteiger partial charge in [0, 0.05) is 23.9 Å². The molecule has 4 aromatic heterocycles. The largest absolute Gasteiger partial charge is 0.374 e. The molecule has 4 heterocycles. The van der Waals surface area contributed by atoms with Crippen LogP contribution in [0, 0.1) is 11.6 Å². The van der Waals surface area contributed by atoms with Crippen LogP contribution in [-0.2, 0) is 16.6 Å². The average molecular weight is 633 g/mol. The number of aliphatic hydroxyl groups excluding tert-OH is 1. The van der Waals surface area contributed by atoms with Crippen molar-refractivity contribution in [3.8, 4) is 33.9 Å². The average Bonchev–Trinajstić information content (AvgIpc) is 3.63. The number of imidazole rings is 1. The molecule has 0 radical (unpaired) electrons. The molecular weight excluding hydrogens is 602 g/mol. The molecule has 1 unspecified atom stereocenters. The van der Waals surface area contributed by atoms with Gasteiger partial charge in [0.1, 0.15) is 23.4 Å². The maximum absolute atomic E-state index is 16.2. The highest BCUT2D eigenvalue weighted by Crippen LogP contribution is 2.35. The number of pyridine rings is 2. The maximum atomic E-state index is 16.2. The van der Waals surface area contributed by atoms with E-state index in [4.69, 9.17) is 4.98 Å². The summed E-state index contributed by atoms with van der Waals surface area (Å²) in [5.74, 6) is -0.881. The minimum Gasteiger partial charge on any atom is -0.374 e. The Hall–Kier alpha value is -4.79. The highest BCUT2D eigenvalue weighted by Gasteiger charge is 2.22. The van der Waals surface area contributed by atoms with Crippen molar-refractivity contribution in [1.29, 1.82) is 0 Å². The van der Waals surface area contributed by atoms with E-state index in [9.17, 15) is 17.9 Å². The van der Waals surface area contributed by atoms with Gasteiger partial charge in [-0.2, -0.15) is 5.10 Å². The van der Waals surface area contributed by atoms with Crippen molar-refractivity contribution in [2.75, 3.05) is 11.6 Å². The lowest BCUT2D eigenvalue weighted by atomic mass is 10.0. The fourth-order valence-corrected chi connectivity index (χ4v) is 5.59. The Bertz CT molecular complexity index is 2130. The molecule has 5 N–H and O–H groups in total. The Morgan fingerprint density at radius 1 is 1.02 bits per heavy atom. The van der Waals surface area contributed by atoms with Gasteiger partial charge in [0.15, 0.2) is 11.6 Å². The van der Waals surface area contributed by atoms with Gasteiger partial charge >= 0.3 is 0 Å². The van der Waals surface area contributed by atoms with E-state index in [1.165, 1.54) is 24.5 Å². The van der Waals surface area contributed by atoms with Crippen molar-refractivity contribution in [2.45, 2.75) is 39.0 Å². The number of hydrogen-bond acceptors (Lipinski definition) is 8. The number of aromatic nitrogens is 6. The molecule has 232 valence electrons. The zero-order valence-corrected chi connectivity index (χ0v) is 25.2. The van der Waals surface area contributed by atoms with Gasteiger partial charge in [-0.05, 0) is 54.3 Å². The Morgan fingerprint density at radius 2 is 1.87 bits per heavy atom. The maximum Gasteiger partial charge on any atom is 0.209 e. The van der Waals surface area contributed by atoms with Crippen molar-refractivity contribution in [3.05, 3.63) is 78.3 Å². The third-order valence-electron chi connectivity index (χ3n) is 7.26. The highest BCUT2D eigenvalue weighted by molar-refractivity contribution is 7.88. The van der Waals surface area contributed by atoms with Crippen LogP contribution in [0.5, 0.6) is 0 Å². The molecule has 0 spiro atoms. The first-order valence-corrected chi connectivity index (χ1v) is 16.1. The summed E-state index contributed by atoms with van der Waals surface area (Å²) in [6, 6.07) is 11.3. The SMILES string of the molecule is CCCCC(O)Nc1cncc(-c2ncc3[nH]nc(-c4nc5c(-c6cc(F)cc(CNS(C)(=O)=O)c6)cccc5[nH]4)c3c2F)c1. The minimum absolute atomic E-state index is 0.0520. The fraction of sp³-hybridized carbons (Fsp3) is 0.226. The van der Waals surface area contributed by atoms with Crippen LogP contribution in [0.2, 0.25) is 0 Å². The van der Waals surface area contributed by atoms with Crippen molar-refractivity contribution < 1.29 is 22.3 Å². The first kappa shape index (κ1) is 30.2. The number of sulfonamides is 1. The number of anilines is 1. The van der Waals surface area contributed by atoms with Gasteiger partial charge in [-0.1, -0.05) is 25.5 Å². The van der Waals surface area contributed by atoms with Gasteiger partial charge in [0.25, 0.3) is 0 Å². The molecule has 0 saturated carbocycles. The van der Waals surface area contributed by atoms with E-state index in [-0.39, 0.29) is 29.1 Å². The van der Waals surface area contributed by atoms with Crippen LogP contribution in [0.25, 0.3) is 55.8 Å². The molecule has 0 aliphatic carbocycles. The first-order chi connectivity index (χ1) is 21.6. The molecule has 14 heteroatoms. The summed E-state index contributed by atoms with van der Waals surface area (Å²) >= 11 is 0. The molecule has 0 fully saturated rings. The van der Waals surface area contributed by atoms with E-state index in [0.29, 0.717) is 50.9 Å². The Labute approximate surface area is 257 Å². The first-order valence-electron chi connectivity index (χ1n) is 14.3. The molecule has 1 atom stereocenters. The molecule has 11 nitrogen and oxygen atoms in total. The number of hydrogen-bond donors (Lipinski definition) is 5. The number of aliphatic hydroxyl groups is 1. The number of fused-ring (bicyclic) bond motifs is 2. The van der Waals surface area contributed by atoms with Gasteiger partial charge in [-0.25, -0.2) is 26.9 Å². The van der Waals surface area contributed by atoms with Gasteiger partial charge in [0.05, 0.1) is 46.3 Å². The second kappa shape index (κ2) is 12.3. The number of para-hydroxylation sites is 1. The van der Waals surface area contributed by atoms with E-state index in [1.54, 1.807) is 36.5 Å². The van der Waals surface area contributed by atoms with Crippen molar-refractivity contribution in [1.82, 2.24) is 34.9 Å². The van der Waals surface area contributed by atoms with Crippen LogP contribution in [0.4, 0.5) is 14.5 Å². The summed E-state index contributed by atoms with van der Waals surface area (Å²) in [4.78, 5) is 16.4. The predicted octanol–water partition coefficient (Wildman–Crippen LogP) is 5.48. The number of H-pyrrole nitrogens is 2. The number of nitrogens with one attached hydrogen (secondary N) is 4. The lowest BCUT2D eigenvalue weighted by Crippen LogP contribution is -2.21. The summed E-state index contributed by atoms with van der Waals surface area (Å²) in [5, 5.41) is 20.6. The quantitative estimate of drug-likeness (QED) is 0.117. The zero-order valence-electron chi connectivity index (χ0n) is 24.4. The Balaban J connectivity index is 1.38. The van der Waals surface area contributed by atoms with Crippen LogP contribution in [0.3, 0.4) is 0 Å². The predicted molar refractivity (Wildman–Crippen MR) is 168 cm³/mol. The molecular formula is C31H30F2N8O3S. The summed E-state index contributed by atoms with van der Waals surface area (Å²) < 4.78 is 56.3. The molecule has 0 saturated heterocycles. The number of aromatic amines is 2. The third-order valence-corrected chi connectivity index (χ3v) is 7.93. The Morgan fingerprint density at radius 3 is 2.67 bits per heavy atom. The van der Waals surface area contributed by atoms with E-state index < -0.39 is 27.9 Å². The van der Waals surface area contributed by atoms with Crippen molar-refractivity contribution in [3.63, 3.8) is 0 Å². The lowest BCUT2D eigenvalue weighted by Gasteiger charge is -2.14. The minimum atomic E-state index is -3.47. The fourth-order valence-electron chi connectivity index (χ4n) is 5.16. The number of benzene rings is 2. The molecule has 0 bridgehead atoms. The summed E-state index contributed by atoms with van der Waals surface area (Å²) in [7, 11) is -3.47. The topological polar surface area (TPSA) is 162 Å². The highest BCUT2D eigenvalue weighted by atomic mass is 32.2. The number of rotatable bonds is 11. The van der Waals surface area contributed by atoms with E-state index in [2.05, 4.69) is 35.2 Å². The normalized spacial score (nSPS) is 12.6. The molecule has 0 aliphatic rings. The lowest BCUT2D eigenvalue weighted by molar-refractivity contribution is 0.190. The van der Waals surface area contributed by atoms with Crippen LogP contribution in [0.1, 0.15) is 31.7 Å². The van der Waals surface area contributed by atoms with Gasteiger partial charge in [-0.15, -0.1) is 0 Å². The Kier molecular flexibility index (Phi) is 8.27. The second-order valence-electron chi connectivity index (χ2n) is 10.8. The summed E-state index contributed by atoms with van der Waals surface area (Å²) in [5.41, 5.74) is 4.21. The molecule has 6 rings (SSSR count). The summed E-state index contributed by atoms with van der Waals surface area (Å²) in [6.07, 6.45) is 7.16. The monoisotopic (exact) mass is 632 g/mol. The second-order valence-corrected chi connectivity index (χ2v) is 12.6. The zero-order chi connectivity index (χ0) is 31.7. The molecule has 0 amide bonds. The summed E-state index contributed by atoms with van der Waals surface area (Å²) in [6.45, 7) is 1.96. The van der Waals surface area contributed by atoms with E-state index in [0.717, 1.165) is 19.1 Å². The van der Waals surface area contributed by atoms with Crippen molar-refractivity contribution >= 4 is 37.6 Å². The van der Waals surface area contributed by atoms with Crippen LogP contribution in [-0.4, -0.2) is 56.1 Å². The number of unbranched alkanes of at least 4 members (excludes halogenated alkanes) is 1. The number of nitrogens with zero attached hydrogens (tertiary/aromatic N) is 4. The van der Waals surface area contributed by atoms with Crippen LogP contribution < -0.4 is 10.0 Å². The molecule has 2 aromatic carbocycles. The van der Waals surface area contributed by atoms with Crippen molar-refractivity contribution in [2.24, 2.45) is 0 Å². The van der Waals surface area contributed by atoms with Crippen LogP contribution in [0.15, 0.2) is 61.1 Å². The molecule has 0 aliphatic heterocycles. The number of halogens is 2. The molecule has 45 heavy (non-hydrogen) atoms. The van der Waals surface area contributed by atoms with Crippen LogP contribution >= 0.6 is 0 Å². The standard InChI is InChI=1S/C31H30F2N8O3S/c1-3-4-8-25(42)37-21-12-19(14-34-15-21)28-27(33)26-24(16-35-28)40-41-30(26)31-38-23-7-5-6-22(29(23)39-31)18-9-17(10-20(32)11-18)13-36-45(2,43)44/h5-7,9-12,14-16,25,36-37,42H,3-4,8,13H2,1-2H3,(H,38,39)(H,40,41). The third kappa shape index (κ3) is 6.53. The van der Waals surface area contributed by atoms with E-state index in [1.807, 2.05) is 6.92 Å². The smallest absolute Gasteiger partial charge is 0.209 e. The van der Waals surface area contributed by atoms with Gasteiger partial charge in [0.2, 0.25) is 10.0 Å². The van der Waals surface area contributed by atoms with E-state index >= 15 is 4.39 Å².